The molecular weight excluding hydrogens is 332 g/mol. The van der Waals surface area contributed by atoms with Crippen molar-refractivity contribution in [2.24, 2.45) is 0 Å². The van der Waals surface area contributed by atoms with Gasteiger partial charge in [0, 0.05) is 17.5 Å². The molecular formula is C20H20N2O4. The Kier molecular flexibility index (Phi) is 4.93. The van der Waals surface area contributed by atoms with Crippen LogP contribution >= 0.6 is 0 Å². The predicted molar refractivity (Wildman–Crippen MR) is 101 cm³/mol. The minimum absolute atomic E-state index is 0.0885. The third-order valence-electron chi connectivity index (χ3n) is 4.21. The molecule has 0 bridgehead atoms. The fourth-order valence-corrected chi connectivity index (χ4v) is 2.90. The summed E-state index contributed by atoms with van der Waals surface area (Å²) in [5, 5.41) is 3.73. The fraction of sp³-hybridized carbons (Fsp3) is 0.200. The topological polar surface area (TPSA) is 69.6 Å². The number of hydrogen-bond donors (Lipinski definition) is 1. The van der Waals surface area contributed by atoms with Crippen LogP contribution in [0.25, 0.3) is 10.9 Å². The molecule has 0 saturated carbocycles. The van der Waals surface area contributed by atoms with Crippen molar-refractivity contribution in [2.45, 2.75) is 13.5 Å². The Bertz CT molecular complexity index is 1020. The van der Waals surface area contributed by atoms with E-state index in [4.69, 9.17) is 9.47 Å². The zero-order valence-corrected chi connectivity index (χ0v) is 14.9. The van der Waals surface area contributed by atoms with Crippen molar-refractivity contribution >= 4 is 22.5 Å². The lowest BCUT2D eigenvalue weighted by atomic mass is 10.1. The Morgan fingerprint density at radius 3 is 2.58 bits per heavy atom. The summed E-state index contributed by atoms with van der Waals surface area (Å²) in [4.78, 5) is 24.9. The van der Waals surface area contributed by atoms with Crippen LogP contribution in [0.4, 0.5) is 5.69 Å². The first-order valence-corrected chi connectivity index (χ1v) is 8.14. The number of para-hydroxylation sites is 1. The Labute approximate surface area is 151 Å². The lowest BCUT2D eigenvalue weighted by Crippen LogP contribution is -2.28. The van der Waals surface area contributed by atoms with Crippen LogP contribution < -0.4 is 20.3 Å². The number of nitrogens with one attached hydrogen (secondary N) is 1. The van der Waals surface area contributed by atoms with E-state index in [0.717, 1.165) is 16.5 Å². The lowest BCUT2D eigenvalue weighted by molar-refractivity contribution is -0.116. The standard InChI is InChI=1S/C20H20N2O4/c1-13-10-20(24)22(17-7-5-4-6-15(13)17)12-19(23)21-16-9-8-14(25-2)11-18(16)26-3/h4-11H,12H2,1-3H3,(H,21,23). The molecule has 1 aromatic heterocycles. The number of benzene rings is 2. The van der Waals surface area contributed by atoms with Crippen LogP contribution in [0.1, 0.15) is 5.56 Å². The van der Waals surface area contributed by atoms with Gasteiger partial charge in [-0.15, -0.1) is 0 Å². The molecule has 0 atom stereocenters. The maximum Gasteiger partial charge on any atom is 0.251 e. The van der Waals surface area contributed by atoms with E-state index >= 15 is 0 Å². The van der Waals surface area contributed by atoms with E-state index in [1.807, 2.05) is 31.2 Å². The first-order valence-electron chi connectivity index (χ1n) is 8.14. The van der Waals surface area contributed by atoms with Crippen LogP contribution in [0.2, 0.25) is 0 Å². The molecule has 0 unspecified atom stereocenters. The SMILES string of the molecule is COc1ccc(NC(=O)Cn2c(=O)cc(C)c3ccccc32)c(OC)c1. The van der Waals surface area contributed by atoms with Crippen LogP contribution in [0.15, 0.2) is 53.3 Å². The molecule has 1 heterocycles. The highest BCUT2D eigenvalue weighted by Gasteiger charge is 2.12. The Morgan fingerprint density at radius 2 is 1.85 bits per heavy atom. The molecule has 0 aliphatic heterocycles. The second kappa shape index (κ2) is 7.31. The Hall–Kier alpha value is -3.28. The summed E-state index contributed by atoms with van der Waals surface area (Å²) >= 11 is 0. The number of carbonyl (C=O) groups excluding carboxylic acids is 1. The van der Waals surface area contributed by atoms with E-state index in [2.05, 4.69) is 5.32 Å². The monoisotopic (exact) mass is 352 g/mol. The number of ether oxygens (including phenoxy) is 2. The molecule has 0 spiro atoms. The van der Waals surface area contributed by atoms with Crippen molar-refractivity contribution in [1.29, 1.82) is 0 Å². The van der Waals surface area contributed by atoms with Crippen LogP contribution in [0, 0.1) is 6.92 Å². The van der Waals surface area contributed by atoms with E-state index < -0.39 is 0 Å². The Morgan fingerprint density at radius 1 is 1.08 bits per heavy atom. The van der Waals surface area contributed by atoms with Gasteiger partial charge in [-0.2, -0.15) is 0 Å². The van der Waals surface area contributed by atoms with Crippen LogP contribution in [0.5, 0.6) is 11.5 Å². The third kappa shape index (κ3) is 3.39. The number of rotatable bonds is 5. The van der Waals surface area contributed by atoms with E-state index in [0.29, 0.717) is 17.2 Å². The number of aromatic nitrogens is 1. The number of amides is 1. The second-order valence-corrected chi connectivity index (χ2v) is 5.88. The highest BCUT2D eigenvalue weighted by molar-refractivity contribution is 5.93. The molecule has 1 N–H and O–H groups in total. The molecule has 1 amide bonds. The van der Waals surface area contributed by atoms with Crippen molar-refractivity contribution in [3.05, 3.63) is 64.4 Å². The van der Waals surface area contributed by atoms with E-state index in [9.17, 15) is 9.59 Å². The van der Waals surface area contributed by atoms with Gasteiger partial charge in [0.15, 0.2) is 0 Å². The number of anilines is 1. The highest BCUT2D eigenvalue weighted by Crippen LogP contribution is 2.29. The number of methoxy groups -OCH3 is 2. The molecule has 0 radical (unpaired) electrons. The molecule has 0 aliphatic carbocycles. The molecule has 6 nitrogen and oxygen atoms in total. The zero-order chi connectivity index (χ0) is 18.7. The summed E-state index contributed by atoms with van der Waals surface area (Å²) in [6, 6.07) is 14.2. The fourth-order valence-electron chi connectivity index (χ4n) is 2.90. The molecule has 134 valence electrons. The van der Waals surface area contributed by atoms with E-state index in [-0.39, 0.29) is 18.0 Å². The number of aryl methyl sites for hydroxylation is 1. The molecule has 26 heavy (non-hydrogen) atoms. The minimum Gasteiger partial charge on any atom is -0.497 e. The lowest BCUT2D eigenvalue weighted by Gasteiger charge is -2.14. The van der Waals surface area contributed by atoms with E-state index in [1.165, 1.54) is 11.7 Å². The largest absolute Gasteiger partial charge is 0.497 e. The van der Waals surface area contributed by atoms with Crippen molar-refractivity contribution in [2.75, 3.05) is 19.5 Å². The molecule has 0 aliphatic rings. The van der Waals surface area contributed by atoms with Crippen molar-refractivity contribution in [3.8, 4) is 11.5 Å². The molecule has 3 aromatic rings. The van der Waals surface area contributed by atoms with Crippen molar-refractivity contribution in [3.63, 3.8) is 0 Å². The maximum atomic E-state index is 12.5. The van der Waals surface area contributed by atoms with Gasteiger partial charge in [-0.05, 0) is 30.7 Å². The van der Waals surface area contributed by atoms with Gasteiger partial charge in [-0.25, -0.2) is 0 Å². The number of carbonyl (C=O) groups is 1. The van der Waals surface area contributed by atoms with Gasteiger partial charge in [0.25, 0.3) is 5.56 Å². The summed E-state index contributed by atoms with van der Waals surface area (Å²) in [5.41, 5.74) is 1.93. The number of pyridine rings is 1. The van der Waals surface area contributed by atoms with Gasteiger partial charge in [0.05, 0.1) is 25.4 Å². The minimum atomic E-state index is -0.315. The summed E-state index contributed by atoms with van der Waals surface area (Å²) in [5.74, 6) is 0.795. The van der Waals surface area contributed by atoms with Gasteiger partial charge in [-0.1, -0.05) is 18.2 Å². The maximum absolute atomic E-state index is 12.5. The average Bonchev–Trinajstić information content (AvgIpc) is 2.65. The average molecular weight is 352 g/mol. The molecule has 2 aromatic carbocycles. The van der Waals surface area contributed by atoms with E-state index in [1.54, 1.807) is 31.4 Å². The van der Waals surface area contributed by atoms with Crippen molar-refractivity contribution in [1.82, 2.24) is 4.57 Å². The van der Waals surface area contributed by atoms with Crippen LogP contribution in [-0.2, 0) is 11.3 Å². The number of nitrogens with zero attached hydrogens (tertiary/aromatic N) is 1. The van der Waals surface area contributed by atoms with Gasteiger partial charge in [-0.3, -0.25) is 14.2 Å². The van der Waals surface area contributed by atoms with Gasteiger partial charge >= 0.3 is 0 Å². The zero-order valence-electron chi connectivity index (χ0n) is 14.9. The summed E-state index contributed by atoms with van der Waals surface area (Å²) in [6.07, 6.45) is 0. The summed E-state index contributed by atoms with van der Waals surface area (Å²) < 4.78 is 11.9. The first-order chi connectivity index (χ1) is 12.5. The third-order valence-corrected chi connectivity index (χ3v) is 4.21. The smallest absolute Gasteiger partial charge is 0.251 e. The normalized spacial score (nSPS) is 10.6. The molecule has 0 saturated heterocycles. The van der Waals surface area contributed by atoms with Crippen molar-refractivity contribution < 1.29 is 14.3 Å². The van der Waals surface area contributed by atoms with Gasteiger partial charge in [0.1, 0.15) is 18.0 Å². The molecule has 6 heteroatoms. The second-order valence-electron chi connectivity index (χ2n) is 5.88. The predicted octanol–water partition coefficient (Wildman–Crippen LogP) is 2.97. The molecule has 3 rings (SSSR count). The summed E-state index contributed by atoms with van der Waals surface area (Å²) in [6.45, 7) is 1.80. The quantitative estimate of drug-likeness (QED) is 0.766. The van der Waals surface area contributed by atoms with Gasteiger partial charge in [0.2, 0.25) is 5.91 Å². The number of fused-ring (bicyclic) bond motifs is 1. The first kappa shape index (κ1) is 17.5. The molecule has 0 fully saturated rings. The number of hydrogen-bond acceptors (Lipinski definition) is 4. The van der Waals surface area contributed by atoms with Crippen LogP contribution in [0.3, 0.4) is 0 Å². The summed E-state index contributed by atoms with van der Waals surface area (Å²) in [7, 11) is 3.07. The van der Waals surface area contributed by atoms with Gasteiger partial charge < -0.3 is 14.8 Å². The Balaban J connectivity index is 1.90. The van der Waals surface area contributed by atoms with Crippen LogP contribution in [-0.4, -0.2) is 24.7 Å². The highest BCUT2D eigenvalue weighted by atomic mass is 16.5.